The molecule has 1 fully saturated rings. The molecule has 0 aromatic heterocycles. The first-order chi connectivity index (χ1) is 5.33. The van der Waals surface area contributed by atoms with Crippen LogP contribution in [0.25, 0.3) is 0 Å². The van der Waals surface area contributed by atoms with Crippen LogP contribution >= 0.6 is 0 Å². The number of hydrogen-bond acceptors (Lipinski definition) is 3. The van der Waals surface area contributed by atoms with Gasteiger partial charge in [-0.05, 0) is 25.8 Å². The van der Waals surface area contributed by atoms with E-state index in [-0.39, 0.29) is 12.2 Å². The van der Waals surface area contributed by atoms with E-state index in [0.717, 1.165) is 25.8 Å². The Balaban J connectivity index is 2.13. The van der Waals surface area contributed by atoms with Crippen molar-refractivity contribution in [2.75, 3.05) is 6.54 Å². The molecule has 0 radical (unpaired) electrons. The van der Waals surface area contributed by atoms with Crippen LogP contribution in [0.2, 0.25) is 0 Å². The molecule has 0 aromatic rings. The summed E-state index contributed by atoms with van der Waals surface area (Å²) in [6, 6.07) is 0. The molecular formula is C8H15NO2. The van der Waals surface area contributed by atoms with Gasteiger partial charge in [-0.25, -0.2) is 0 Å². The lowest BCUT2D eigenvalue weighted by molar-refractivity contribution is -0.149. The molecule has 64 valence electrons. The van der Waals surface area contributed by atoms with E-state index >= 15 is 0 Å². The predicted octanol–water partition coefficient (Wildman–Crippen LogP) is 1.04. The minimum Gasteiger partial charge on any atom is -0.447 e. The molecule has 1 saturated heterocycles. The Hall–Kier alpha value is -0.570. The number of ether oxygens (including phenoxy) is 1. The van der Waals surface area contributed by atoms with Crippen molar-refractivity contribution in [1.29, 1.82) is 0 Å². The molecule has 3 nitrogen and oxygen atoms in total. The maximum atomic E-state index is 10.9. The second-order valence-corrected chi connectivity index (χ2v) is 2.82. The normalized spacial score (nSPS) is 23.5. The van der Waals surface area contributed by atoms with Gasteiger partial charge < -0.3 is 4.74 Å². The van der Waals surface area contributed by atoms with Gasteiger partial charge in [0.15, 0.2) is 6.23 Å². The fraction of sp³-hybridized carbons (Fsp3) is 0.875. The fourth-order valence-corrected chi connectivity index (χ4v) is 1.17. The summed E-state index contributed by atoms with van der Waals surface area (Å²) >= 11 is 0. The van der Waals surface area contributed by atoms with Gasteiger partial charge in [-0.2, -0.15) is 0 Å². The lowest BCUT2D eigenvalue weighted by Crippen LogP contribution is -2.27. The predicted molar refractivity (Wildman–Crippen MR) is 42.0 cm³/mol. The number of carbonyl (C=O) groups excluding carboxylic acids is 1. The van der Waals surface area contributed by atoms with E-state index in [1.165, 1.54) is 0 Å². The van der Waals surface area contributed by atoms with Crippen molar-refractivity contribution < 1.29 is 9.53 Å². The Kier molecular flexibility index (Phi) is 3.36. The van der Waals surface area contributed by atoms with Crippen LogP contribution < -0.4 is 5.32 Å². The zero-order chi connectivity index (χ0) is 8.10. The van der Waals surface area contributed by atoms with Crippen molar-refractivity contribution in [1.82, 2.24) is 5.32 Å². The first-order valence-electron chi connectivity index (χ1n) is 4.26. The number of hydrogen-bond donors (Lipinski definition) is 1. The summed E-state index contributed by atoms with van der Waals surface area (Å²) < 4.78 is 5.10. The van der Waals surface area contributed by atoms with Gasteiger partial charge in [0.25, 0.3) is 0 Å². The van der Waals surface area contributed by atoms with Gasteiger partial charge in [-0.1, -0.05) is 6.92 Å². The third-order valence-electron chi connectivity index (χ3n) is 1.74. The summed E-state index contributed by atoms with van der Waals surface area (Å²) in [4.78, 5) is 10.9. The molecule has 0 spiro atoms. The van der Waals surface area contributed by atoms with Crippen molar-refractivity contribution >= 4 is 5.97 Å². The van der Waals surface area contributed by atoms with E-state index in [1.54, 1.807) is 0 Å². The maximum absolute atomic E-state index is 10.9. The Morgan fingerprint density at radius 1 is 1.73 bits per heavy atom. The first kappa shape index (κ1) is 8.53. The summed E-state index contributed by atoms with van der Waals surface area (Å²) in [6.45, 7) is 2.95. The zero-order valence-electron chi connectivity index (χ0n) is 6.93. The van der Waals surface area contributed by atoms with E-state index in [9.17, 15) is 4.79 Å². The zero-order valence-corrected chi connectivity index (χ0v) is 6.93. The van der Waals surface area contributed by atoms with Gasteiger partial charge >= 0.3 is 5.97 Å². The standard InChI is InChI=1S/C8H15NO2/c1-2-4-8(10)11-7-5-3-6-9-7/h7,9H,2-6H2,1H3/t7-/m1/s1. The molecule has 0 saturated carbocycles. The molecule has 1 rings (SSSR count). The van der Waals surface area contributed by atoms with Gasteiger partial charge in [0.05, 0.1) is 0 Å². The highest BCUT2D eigenvalue weighted by Gasteiger charge is 2.17. The summed E-state index contributed by atoms with van der Waals surface area (Å²) in [5.41, 5.74) is 0. The SMILES string of the molecule is CCCC(=O)O[C@@H]1CCCN1. The van der Waals surface area contributed by atoms with E-state index in [1.807, 2.05) is 6.92 Å². The molecule has 3 heteroatoms. The smallest absolute Gasteiger partial charge is 0.307 e. The minimum absolute atomic E-state index is 0.00551. The van der Waals surface area contributed by atoms with Gasteiger partial charge in [0, 0.05) is 6.42 Å². The Morgan fingerprint density at radius 3 is 3.09 bits per heavy atom. The summed E-state index contributed by atoms with van der Waals surface area (Å²) in [6.07, 6.45) is 3.48. The number of rotatable bonds is 3. The molecule has 1 heterocycles. The van der Waals surface area contributed by atoms with Crippen LogP contribution in [0.5, 0.6) is 0 Å². The lowest BCUT2D eigenvalue weighted by atomic mass is 10.3. The number of carbonyl (C=O) groups is 1. The van der Waals surface area contributed by atoms with E-state index < -0.39 is 0 Å². The molecule has 11 heavy (non-hydrogen) atoms. The Labute approximate surface area is 67.1 Å². The van der Waals surface area contributed by atoms with Crippen LogP contribution in [-0.4, -0.2) is 18.7 Å². The van der Waals surface area contributed by atoms with Gasteiger partial charge in [0.1, 0.15) is 0 Å². The molecular weight excluding hydrogens is 142 g/mol. The Bertz CT molecular complexity index is 130. The highest BCUT2D eigenvalue weighted by molar-refractivity contribution is 5.69. The van der Waals surface area contributed by atoms with Crippen molar-refractivity contribution in [3.63, 3.8) is 0 Å². The third kappa shape index (κ3) is 2.89. The molecule has 1 aliphatic rings. The van der Waals surface area contributed by atoms with Crippen LogP contribution in [0.1, 0.15) is 32.6 Å². The van der Waals surface area contributed by atoms with Crippen molar-refractivity contribution in [3.8, 4) is 0 Å². The topological polar surface area (TPSA) is 38.3 Å². The van der Waals surface area contributed by atoms with Crippen LogP contribution in [-0.2, 0) is 9.53 Å². The average Bonchev–Trinajstić information content (AvgIpc) is 2.40. The number of esters is 1. The maximum Gasteiger partial charge on any atom is 0.307 e. The molecule has 0 unspecified atom stereocenters. The van der Waals surface area contributed by atoms with Crippen LogP contribution in [0.15, 0.2) is 0 Å². The molecule has 0 aliphatic carbocycles. The van der Waals surface area contributed by atoms with Crippen molar-refractivity contribution in [2.45, 2.75) is 38.8 Å². The number of nitrogens with one attached hydrogen (secondary N) is 1. The first-order valence-corrected chi connectivity index (χ1v) is 4.26. The molecule has 0 bridgehead atoms. The second-order valence-electron chi connectivity index (χ2n) is 2.82. The summed E-state index contributed by atoms with van der Waals surface area (Å²) in [7, 11) is 0. The minimum atomic E-state index is -0.0769. The molecule has 0 amide bonds. The molecule has 1 N–H and O–H groups in total. The lowest BCUT2D eigenvalue weighted by Gasteiger charge is -2.10. The highest BCUT2D eigenvalue weighted by Crippen LogP contribution is 2.07. The van der Waals surface area contributed by atoms with Gasteiger partial charge in [-0.15, -0.1) is 0 Å². The third-order valence-corrected chi connectivity index (χ3v) is 1.74. The van der Waals surface area contributed by atoms with Gasteiger partial charge in [0.2, 0.25) is 0 Å². The summed E-state index contributed by atoms with van der Waals surface area (Å²) in [5, 5.41) is 3.10. The average molecular weight is 157 g/mol. The molecule has 1 aliphatic heterocycles. The largest absolute Gasteiger partial charge is 0.447 e. The van der Waals surface area contributed by atoms with Crippen LogP contribution in [0.4, 0.5) is 0 Å². The quantitative estimate of drug-likeness (QED) is 0.622. The van der Waals surface area contributed by atoms with Crippen LogP contribution in [0, 0.1) is 0 Å². The highest BCUT2D eigenvalue weighted by atomic mass is 16.6. The van der Waals surface area contributed by atoms with Crippen molar-refractivity contribution in [3.05, 3.63) is 0 Å². The fourth-order valence-electron chi connectivity index (χ4n) is 1.17. The summed E-state index contributed by atoms with van der Waals surface area (Å²) in [5.74, 6) is -0.0769. The van der Waals surface area contributed by atoms with Crippen molar-refractivity contribution in [2.24, 2.45) is 0 Å². The van der Waals surface area contributed by atoms with Gasteiger partial charge in [-0.3, -0.25) is 10.1 Å². The monoisotopic (exact) mass is 157 g/mol. The van der Waals surface area contributed by atoms with E-state index in [0.29, 0.717) is 6.42 Å². The van der Waals surface area contributed by atoms with Crippen LogP contribution in [0.3, 0.4) is 0 Å². The van der Waals surface area contributed by atoms with E-state index in [4.69, 9.17) is 4.74 Å². The molecule has 1 atom stereocenters. The van der Waals surface area contributed by atoms with E-state index in [2.05, 4.69) is 5.32 Å². The molecule has 0 aromatic carbocycles. The second kappa shape index (κ2) is 4.34. The Morgan fingerprint density at radius 2 is 2.55 bits per heavy atom.